The van der Waals surface area contributed by atoms with E-state index in [1.807, 2.05) is 0 Å². The summed E-state index contributed by atoms with van der Waals surface area (Å²) in [6, 6.07) is 9.05. The minimum atomic E-state index is -4.56. The van der Waals surface area contributed by atoms with Crippen LogP contribution in [0.1, 0.15) is 5.56 Å². The third kappa shape index (κ3) is 11.9. The second-order valence-corrected chi connectivity index (χ2v) is 10.8. The minimum absolute atomic E-state index is 0.198. The summed E-state index contributed by atoms with van der Waals surface area (Å²) >= 11 is 0. The summed E-state index contributed by atoms with van der Waals surface area (Å²) < 4.78 is 43.5. The fourth-order valence-electron chi connectivity index (χ4n) is 3.78. The van der Waals surface area contributed by atoms with E-state index in [1.54, 1.807) is 25.1 Å². The Hall–Kier alpha value is -3.39. The van der Waals surface area contributed by atoms with Crippen LogP contribution in [0.15, 0.2) is 66.6 Å². The van der Waals surface area contributed by atoms with E-state index in [9.17, 15) is 22.6 Å². The molecule has 2 fully saturated rings. The zero-order valence-electron chi connectivity index (χ0n) is 23.9. The van der Waals surface area contributed by atoms with E-state index in [1.165, 1.54) is 18.2 Å². The summed E-state index contributed by atoms with van der Waals surface area (Å²) in [6.45, 7) is 16.5. The summed E-state index contributed by atoms with van der Waals surface area (Å²) in [5.74, 6) is -0.884. The summed E-state index contributed by atoms with van der Waals surface area (Å²) in [7, 11) is -0.329. The number of carbonyl (C=O) groups excluding carboxylic acids is 2. The standard InChI is InChI=1S/C19H18N2O5S.2C5H11NO/c1-4-18(22)20-13-6-8-15(12(3)10-13)16-9-7-14(21-19(23)5-2)11-17(16)27(24,25)26;2*1-6-2-4-7-5-3-6/h4-11H,1-2H2,3H3,(H,20,22)(H,21,23)(H,24,25,26);2*2-5H2,1H3. The first-order valence-corrected chi connectivity index (χ1v) is 14.5. The number of hydrogen-bond donors (Lipinski definition) is 3. The van der Waals surface area contributed by atoms with E-state index in [-0.39, 0.29) is 22.1 Å². The van der Waals surface area contributed by atoms with Gasteiger partial charge < -0.3 is 29.9 Å². The number of hydrogen-bond acceptors (Lipinski definition) is 8. The van der Waals surface area contributed by atoms with Crippen molar-refractivity contribution in [3.63, 3.8) is 0 Å². The number of ether oxygens (including phenoxy) is 2. The van der Waals surface area contributed by atoms with Crippen LogP contribution in [0.4, 0.5) is 11.4 Å². The van der Waals surface area contributed by atoms with Crippen LogP contribution in [0, 0.1) is 6.92 Å². The maximum Gasteiger partial charge on any atom is 0.295 e. The van der Waals surface area contributed by atoms with E-state index in [2.05, 4.69) is 47.7 Å². The molecule has 3 N–H and O–H groups in total. The maximum atomic E-state index is 11.9. The average molecular weight is 589 g/mol. The van der Waals surface area contributed by atoms with Crippen LogP contribution in [0.25, 0.3) is 11.1 Å². The second-order valence-electron chi connectivity index (χ2n) is 9.43. The molecule has 0 aliphatic carbocycles. The minimum Gasteiger partial charge on any atom is -0.379 e. The van der Waals surface area contributed by atoms with Crippen LogP contribution in [0.2, 0.25) is 0 Å². The number of nitrogens with one attached hydrogen (secondary N) is 2. The largest absolute Gasteiger partial charge is 0.379 e. The first kappa shape index (κ1) is 33.8. The highest BCUT2D eigenvalue weighted by Gasteiger charge is 2.19. The lowest BCUT2D eigenvalue weighted by Gasteiger charge is -2.21. The van der Waals surface area contributed by atoms with Gasteiger partial charge in [-0.25, -0.2) is 0 Å². The molecule has 2 heterocycles. The number of anilines is 2. The number of likely N-dealkylation sites (N-methyl/N-ethyl adjacent to an activating group) is 2. The number of carbonyl (C=O) groups is 2. The molecule has 2 aromatic carbocycles. The smallest absolute Gasteiger partial charge is 0.295 e. The van der Waals surface area contributed by atoms with Crippen molar-refractivity contribution >= 4 is 33.3 Å². The summed E-state index contributed by atoms with van der Waals surface area (Å²) in [5.41, 5.74) is 2.19. The number of amides is 2. The predicted molar refractivity (Wildman–Crippen MR) is 161 cm³/mol. The molecule has 4 rings (SSSR count). The molecule has 2 saturated heterocycles. The first-order chi connectivity index (χ1) is 19.4. The lowest BCUT2D eigenvalue weighted by atomic mass is 9.99. The van der Waals surface area contributed by atoms with Crippen LogP contribution in [-0.2, 0) is 29.2 Å². The van der Waals surface area contributed by atoms with Crippen molar-refractivity contribution in [3.05, 3.63) is 67.3 Å². The molecule has 2 aromatic rings. The van der Waals surface area contributed by atoms with Gasteiger partial charge in [0.15, 0.2) is 0 Å². The molecule has 2 amide bonds. The van der Waals surface area contributed by atoms with Gasteiger partial charge >= 0.3 is 0 Å². The highest BCUT2D eigenvalue weighted by atomic mass is 32.2. The number of morpholine rings is 2. The normalized spacial score (nSPS) is 15.7. The molecule has 2 aliphatic heterocycles. The molecule has 224 valence electrons. The van der Waals surface area contributed by atoms with Crippen molar-refractivity contribution in [2.75, 3.05) is 77.3 Å². The van der Waals surface area contributed by atoms with Crippen LogP contribution in [-0.4, -0.2) is 101 Å². The van der Waals surface area contributed by atoms with Gasteiger partial charge in [-0.3, -0.25) is 14.1 Å². The molecule has 2 aliphatic rings. The Kier molecular flexibility index (Phi) is 13.8. The Bertz CT molecular complexity index is 1290. The van der Waals surface area contributed by atoms with E-state index in [0.29, 0.717) is 16.8 Å². The Morgan fingerprint density at radius 3 is 1.56 bits per heavy atom. The lowest BCUT2D eigenvalue weighted by molar-refractivity contribution is -0.112. The molecule has 0 bridgehead atoms. The molecule has 0 saturated carbocycles. The molecular weight excluding hydrogens is 548 g/mol. The van der Waals surface area contributed by atoms with Crippen molar-refractivity contribution in [2.45, 2.75) is 11.8 Å². The number of rotatable bonds is 6. The molecule has 0 atom stereocenters. The van der Waals surface area contributed by atoms with Gasteiger partial charge in [-0.05, 0) is 68.6 Å². The number of benzene rings is 2. The molecule has 0 spiro atoms. The quantitative estimate of drug-likeness (QED) is 0.343. The Morgan fingerprint density at radius 2 is 1.22 bits per heavy atom. The van der Waals surface area contributed by atoms with Gasteiger partial charge in [-0.2, -0.15) is 8.42 Å². The zero-order valence-corrected chi connectivity index (χ0v) is 24.7. The van der Waals surface area contributed by atoms with Crippen molar-refractivity contribution < 1.29 is 32.0 Å². The van der Waals surface area contributed by atoms with Crippen LogP contribution in [0.3, 0.4) is 0 Å². The first-order valence-electron chi connectivity index (χ1n) is 13.1. The van der Waals surface area contributed by atoms with E-state index in [4.69, 9.17) is 9.47 Å². The van der Waals surface area contributed by atoms with Gasteiger partial charge in [0.1, 0.15) is 4.90 Å². The summed E-state index contributed by atoms with van der Waals surface area (Å²) in [5, 5.41) is 5.06. The second kappa shape index (κ2) is 16.8. The molecule has 0 aromatic heterocycles. The van der Waals surface area contributed by atoms with Crippen LogP contribution < -0.4 is 10.6 Å². The Morgan fingerprint density at radius 1 is 0.805 bits per heavy atom. The average Bonchev–Trinajstić information content (AvgIpc) is 2.94. The molecule has 41 heavy (non-hydrogen) atoms. The van der Waals surface area contributed by atoms with Crippen molar-refractivity contribution in [3.8, 4) is 11.1 Å². The molecule has 0 radical (unpaired) electrons. The SMILES string of the molecule is C=CC(=O)Nc1ccc(-c2ccc(NC(=O)C=C)cc2S(=O)(=O)O)c(C)c1.CN1CCOCC1.CN1CCOCC1. The van der Waals surface area contributed by atoms with Crippen LogP contribution in [0.5, 0.6) is 0 Å². The van der Waals surface area contributed by atoms with E-state index in [0.717, 1.165) is 64.8 Å². The van der Waals surface area contributed by atoms with Gasteiger partial charge in [0.05, 0.1) is 26.4 Å². The van der Waals surface area contributed by atoms with E-state index < -0.39 is 16.0 Å². The molecule has 0 unspecified atom stereocenters. The fourth-order valence-corrected chi connectivity index (χ4v) is 4.51. The van der Waals surface area contributed by atoms with Gasteiger partial charge in [0.2, 0.25) is 11.8 Å². The van der Waals surface area contributed by atoms with Crippen molar-refractivity contribution in [1.29, 1.82) is 0 Å². The number of aryl methyl sites for hydroxylation is 1. The van der Waals surface area contributed by atoms with Crippen LogP contribution >= 0.6 is 0 Å². The van der Waals surface area contributed by atoms with Gasteiger partial charge in [-0.1, -0.05) is 25.3 Å². The third-order valence-electron chi connectivity index (χ3n) is 6.15. The lowest BCUT2D eigenvalue weighted by Crippen LogP contribution is -2.32. The highest BCUT2D eigenvalue weighted by molar-refractivity contribution is 7.86. The van der Waals surface area contributed by atoms with Gasteiger partial charge in [-0.15, -0.1) is 0 Å². The van der Waals surface area contributed by atoms with Crippen molar-refractivity contribution in [2.24, 2.45) is 0 Å². The molecule has 12 heteroatoms. The molecular formula is C29H40N4O7S. The highest BCUT2D eigenvalue weighted by Crippen LogP contribution is 2.33. The fraction of sp³-hybridized carbons (Fsp3) is 0.379. The topological polar surface area (TPSA) is 138 Å². The third-order valence-corrected chi connectivity index (χ3v) is 7.04. The zero-order chi connectivity index (χ0) is 30.4. The number of nitrogens with zero attached hydrogens (tertiary/aromatic N) is 2. The van der Waals surface area contributed by atoms with Gasteiger partial charge in [0.25, 0.3) is 10.1 Å². The van der Waals surface area contributed by atoms with E-state index >= 15 is 0 Å². The summed E-state index contributed by atoms with van der Waals surface area (Å²) in [6.07, 6.45) is 2.18. The van der Waals surface area contributed by atoms with Crippen molar-refractivity contribution in [1.82, 2.24) is 9.80 Å². The Balaban J connectivity index is 0.000000338. The molecule has 11 nitrogen and oxygen atoms in total. The predicted octanol–water partition coefficient (Wildman–Crippen LogP) is 3.05. The summed E-state index contributed by atoms with van der Waals surface area (Å²) in [4.78, 5) is 27.0. The van der Waals surface area contributed by atoms with Gasteiger partial charge in [0, 0.05) is 43.1 Å². The maximum absolute atomic E-state index is 11.9. The Labute approximate surface area is 242 Å². The monoisotopic (exact) mass is 588 g/mol.